The minimum absolute atomic E-state index is 0.0729. The van der Waals surface area contributed by atoms with Gasteiger partial charge in [0.1, 0.15) is 0 Å². The van der Waals surface area contributed by atoms with Crippen molar-refractivity contribution in [2.45, 2.75) is 24.8 Å². The third kappa shape index (κ3) is 5.11. The molecule has 2 aliphatic rings. The molecular formula is C23H24N4. The van der Waals surface area contributed by atoms with Crippen molar-refractivity contribution in [2.75, 3.05) is 0 Å². The summed E-state index contributed by atoms with van der Waals surface area (Å²) in [7, 11) is 0. The molecule has 3 rings (SSSR count). The second kappa shape index (κ2) is 9.43. The summed E-state index contributed by atoms with van der Waals surface area (Å²) in [6, 6.07) is 4.20. The molecule has 0 bridgehead atoms. The van der Waals surface area contributed by atoms with E-state index in [-0.39, 0.29) is 6.04 Å². The van der Waals surface area contributed by atoms with Crippen LogP contribution < -0.4 is 5.73 Å². The normalized spacial score (nSPS) is 22.9. The molecule has 0 fully saturated rings. The standard InChI is InChI=1S/C23H24N4/c1-2-23(27-22-10-14-26-15-11-22)21(17-24)7-6-18-4-3-5-20(16-18)19-8-12-25-13-9-19/h2-4,6-10,12-17,20,22H,1,5,11,24H2/b7-6+,21-17?,27-23?/t20?,22-/m0/s1. The second-order valence-electron chi connectivity index (χ2n) is 6.34. The Morgan fingerprint density at radius 1 is 1.26 bits per heavy atom. The molecule has 136 valence electrons. The highest BCUT2D eigenvalue weighted by Gasteiger charge is 2.11. The molecule has 2 heterocycles. The Bertz CT molecular complexity index is 867. The number of hydrogen-bond acceptors (Lipinski definition) is 4. The van der Waals surface area contributed by atoms with Crippen molar-refractivity contribution < 1.29 is 0 Å². The number of aliphatic imine (C=N–C) groups is 2. The van der Waals surface area contributed by atoms with Gasteiger partial charge < -0.3 is 5.73 Å². The van der Waals surface area contributed by atoms with E-state index < -0.39 is 0 Å². The summed E-state index contributed by atoms with van der Waals surface area (Å²) in [6.45, 7) is 3.89. The van der Waals surface area contributed by atoms with Crippen LogP contribution in [0.5, 0.6) is 0 Å². The third-order valence-corrected chi connectivity index (χ3v) is 4.50. The van der Waals surface area contributed by atoms with Crippen LogP contribution >= 0.6 is 0 Å². The molecule has 0 aromatic carbocycles. The number of nitrogens with zero attached hydrogens (tertiary/aromatic N) is 3. The van der Waals surface area contributed by atoms with E-state index in [4.69, 9.17) is 10.7 Å². The number of hydrogen-bond donors (Lipinski definition) is 1. The molecule has 1 aliphatic heterocycles. The van der Waals surface area contributed by atoms with Gasteiger partial charge in [-0.3, -0.25) is 15.0 Å². The van der Waals surface area contributed by atoms with Crippen LogP contribution in [0.1, 0.15) is 24.3 Å². The minimum atomic E-state index is 0.0729. The lowest BCUT2D eigenvalue weighted by molar-refractivity contribution is 0.844. The molecule has 1 unspecified atom stereocenters. The fraction of sp³-hybridized carbons (Fsp3) is 0.174. The van der Waals surface area contributed by atoms with Crippen molar-refractivity contribution in [3.63, 3.8) is 0 Å². The zero-order valence-corrected chi connectivity index (χ0v) is 15.3. The Balaban J connectivity index is 1.76. The molecule has 2 atom stereocenters. The third-order valence-electron chi connectivity index (χ3n) is 4.50. The average Bonchev–Trinajstić information content (AvgIpc) is 2.75. The van der Waals surface area contributed by atoms with E-state index in [0.29, 0.717) is 5.92 Å². The number of allylic oxidation sites excluding steroid dienone is 8. The predicted molar refractivity (Wildman–Crippen MR) is 114 cm³/mol. The first-order chi connectivity index (χ1) is 13.3. The first kappa shape index (κ1) is 18.5. The monoisotopic (exact) mass is 356 g/mol. The van der Waals surface area contributed by atoms with E-state index in [1.165, 1.54) is 5.56 Å². The maximum absolute atomic E-state index is 5.86. The van der Waals surface area contributed by atoms with Gasteiger partial charge in [-0.05, 0) is 41.8 Å². The lowest BCUT2D eigenvalue weighted by Crippen LogP contribution is -2.10. The van der Waals surface area contributed by atoms with Crippen molar-refractivity contribution >= 4 is 11.9 Å². The van der Waals surface area contributed by atoms with Crippen LogP contribution in [0.2, 0.25) is 0 Å². The molecule has 1 aromatic heterocycles. The average molecular weight is 356 g/mol. The van der Waals surface area contributed by atoms with Crippen LogP contribution in [0.3, 0.4) is 0 Å². The van der Waals surface area contributed by atoms with Gasteiger partial charge in [0.05, 0.1) is 11.8 Å². The van der Waals surface area contributed by atoms with Crippen molar-refractivity contribution in [3.05, 3.63) is 103 Å². The largest absolute Gasteiger partial charge is 0.404 e. The number of rotatable bonds is 6. The van der Waals surface area contributed by atoms with Crippen LogP contribution in [0.25, 0.3) is 0 Å². The molecule has 1 aliphatic carbocycles. The Morgan fingerprint density at radius 3 is 2.81 bits per heavy atom. The Labute approximate surface area is 160 Å². The quantitative estimate of drug-likeness (QED) is 0.605. The summed E-state index contributed by atoms with van der Waals surface area (Å²) < 4.78 is 0. The second-order valence-corrected chi connectivity index (χ2v) is 6.34. The lowest BCUT2D eigenvalue weighted by atomic mass is 9.90. The van der Waals surface area contributed by atoms with Crippen molar-refractivity contribution in [1.82, 2.24) is 4.98 Å². The van der Waals surface area contributed by atoms with Crippen LogP contribution in [0.15, 0.2) is 107 Å². The molecule has 1 aromatic rings. The molecule has 4 heteroatoms. The highest BCUT2D eigenvalue weighted by Crippen LogP contribution is 2.27. The Morgan fingerprint density at radius 2 is 2.11 bits per heavy atom. The summed E-state index contributed by atoms with van der Waals surface area (Å²) in [5, 5.41) is 0. The van der Waals surface area contributed by atoms with E-state index >= 15 is 0 Å². The molecule has 2 N–H and O–H groups in total. The van der Waals surface area contributed by atoms with E-state index in [9.17, 15) is 0 Å². The number of pyridine rings is 1. The fourth-order valence-electron chi connectivity index (χ4n) is 3.05. The molecular weight excluding hydrogens is 332 g/mol. The number of aromatic nitrogens is 1. The van der Waals surface area contributed by atoms with E-state index in [1.54, 1.807) is 18.5 Å². The van der Waals surface area contributed by atoms with Crippen LogP contribution in [0, 0.1) is 0 Å². The SMILES string of the molecule is C=CC(=N[C@H]1C=CN=CC1)C(=CN)/C=C/C1=CC(c2ccncc2)CC=C1. The zero-order valence-electron chi connectivity index (χ0n) is 15.3. The summed E-state index contributed by atoms with van der Waals surface area (Å²) in [6.07, 6.45) is 25.1. The smallest absolute Gasteiger partial charge is 0.0754 e. The lowest BCUT2D eigenvalue weighted by Gasteiger charge is -2.15. The fourth-order valence-corrected chi connectivity index (χ4v) is 3.05. The Kier molecular flexibility index (Phi) is 6.47. The summed E-state index contributed by atoms with van der Waals surface area (Å²) >= 11 is 0. The van der Waals surface area contributed by atoms with Gasteiger partial charge in [0, 0.05) is 48.9 Å². The summed E-state index contributed by atoms with van der Waals surface area (Å²) in [4.78, 5) is 12.9. The maximum atomic E-state index is 5.86. The van der Waals surface area contributed by atoms with Gasteiger partial charge in [0.25, 0.3) is 0 Å². The van der Waals surface area contributed by atoms with Gasteiger partial charge >= 0.3 is 0 Å². The van der Waals surface area contributed by atoms with Crippen LogP contribution in [0.4, 0.5) is 0 Å². The van der Waals surface area contributed by atoms with Gasteiger partial charge in [0.15, 0.2) is 0 Å². The first-order valence-electron chi connectivity index (χ1n) is 9.07. The molecule has 0 amide bonds. The van der Waals surface area contributed by atoms with E-state index in [1.807, 2.05) is 30.8 Å². The molecule has 0 radical (unpaired) electrons. The van der Waals surface area contributed by atoms with E-state index in [2.05, 4.69) is 53.0 Å². The predicted octanol–water partition coefficient (Wildman–Crippen LogP) is 4.43. The first-order valence-corrected chi connectivity index (χ1v) is 9.07. The molecule has 0 saturated carbocycles. The van der Waals surface area contributed by atoms with Gasteiger partial charge in [0.2, 0.25) is 0 Å². The van der Waals surface area contributed by atoms with Crippen LogP contribution in [-0.4, -0.2) is 23.0 Å². The van der Waals surface area contributed by atoms with Crippen molar-refractivity contribution in [2.24, 2.45) is 15.7 Å². The minimum Gasteiger partial charge on any atom is -0.404 e. The highest BCUT2D eigenvalue weighted by atomic mass is 14.8. The highest BCUT2D eigenvalue weighted by molar-refractivity contribution is 6.10. The van der Waals surface area contributed by atoms with Crippen LogP contribution in [-0.2, 0) is 0 Å². The topological polar surface area (TPSA) is 63.6 Å². The summed E-state index contributed by atoms with van der Waals surface area (Å²) in [5.41, 5.74) is 9.91. The van der Waals surface area contributed by atoms with Gasteiger partial charge in [-0.15, -0.1) is 0 Å². The van der Waals surface area contributed by atoms with Gasteiger partial charge in [-0.25, -0.2) is 0 Å². The van der Waals surface area contributed by atoms with Crippen molar-refractivity contribution in [3.8, 4) is 0 Å². The molecule has 27 heavy (non-hydrogen) atoms. The number of nitrogens with two attached hydrogens (primary N) is 1. The Hall–Kier alpha value is -3.27. The van der Waals surface area contributed by atoms with E-state index in [0.717, 1.165) is 29.7 Å². The maximum Gasteiger partial charge on any atom is 0.0754 e. The molecule has 0 spiro atoms. The zero-order chi connectivity index (χ0) is 18.9. The van der Waals surface area contributed by atoms with Gasteiger partial charge in [-0.1, -0.05) is 37.0 Å². The van der Waals surface area contributed by atoms with Gasteiger partial charge in [-0.2, -0.15) is 0 Å². The van der Waals surface area contributed by atoms with Crippen molar-refractivity contribution in [1.29, 1.82) is 0 Å². The molecule has 4 nitrogen and oxygen atoms in total. The summed E-state index contributed by atoms with van der Waals surface area (Å²) in [5.74, 6) is 0.363. The molecule has 0 saturated heterocycles.